The van der Waals surface area contributed by atoms with Gasteiger partial charge in [0.1, 0.15) is 5.82 Å². The van der Waals surface area contributed by atoms with E-state index in [0.29, 0.717) is 6.04 Å². The molecule has 0 saturated carbocycles. The normalized spacial score (nSPS) is 18.4. The minimum absolute atomic E-state index is 0.594. The van der Waals surface area contributed by atoms with Crippen LogP contribution in [0.25, 0.3) is 11.3 Å². The standard InChI is InChI=1S/C17H22N2/c1-11-8-12(2)17(13(3)9-11)15-10-19-14(4)6-5-7-16(19)18-15/h8-10,14H,5-7H2,1-4H3. The predicted molar refractivity (Wildman–Crippen MR) is 79.5 cm³/mol. The molecular formula is C17H22N2. The molecule has 0 radical (unpaired) electrons. The van der Waals surface area contributed by atoms with Gasteiger partial charge < -0.3 is 4.57 Å². The van der Waals surface area contributed by atoms with Crippen LogP contribution in [0.1, 0.15) is 48.3 Å². The highest BCUT2D eigenvalue weighted by molar-refractivity contribution is 5.68. The Balaban J connectivity index is 2.13. The van der Waals surface area contributed by atoms with Crippen LogP contribution in [0.5, 0.6) is 0 Å². The van der Waals surface area contributed by atoms with Crippen LogP contribution in [0.2, 0.25) is 0 Å². The average molecular weight is 254 g/mol. The molecule has 100 valence electrons. The molecule has 0 saturated heterocycles. The predicted octanol–water partition coefficient (Wildman–Crippen LogP) is 4.37. The molecule has 2 heterocycles. The summed E-state index contributed by atoms with van der Waals surface area (Å²) >= 11 is 0. The molecular weight excluding hydrogens is 232 g/mol. The Morgan fingerprint density at radius 3 is 2.47 bits per heavy atom. The van der Waals surface area contributed by atoms with Gasteiger partial charge in [0.15, 0.2) is 0 Å². The van der Waals surface area contributed by atoms with Gasteiger partial charge in [-0.05, 0) is 51.7 Å². The van der Waals surface area contributed by atoms with Crippen molar-refractivity contribution in [2.24, 2.45) is 0 Å². The van der Waals surface area contributed by atoms with E-state index >= 15 is 0 Å². The van der Waals surface area contributed by atoms with Crippen molar-refractivity contribution in [3.05, 3.63) is 40.8 Å². The summed E-state index contributed by atoms with van der Waals surface area (Å²) in [5.41, 5.74) is 6.47. The van der Waals surface area contributed by atoms with E-state index in [9.17, 15) is 0 Å². The van der Waals surface area contributed by atoms with Crippen molar-refractivity contribution >= 4 is 0 Å². The molecule has 0 spiro atoms. The lowest BCUT2D eigenvalue weighted by Crippen LogP contribution is -2.14. The van der Waals surface area contributed by atoms with E-state index in [1.54, 1.807) is 0 Å². The highest BCUT2D eigenvalue weighted by Crippen LogP contribution is 2.31. The van der Waals surface area contributed by atoms with Gasteiger partial charge in [-0.1, -0.05) is 17.7 Å². The van der Waals surface area contributed by atoms with E-state index in [2.05, 4.69) is 50.6 Å². The van der Waals surface area contributed by atoms with Crippen LogP contribution in [0.4, 0.5) is 0 Å². The van der Waals surface area contributed by atoms with Gasteiger partial charge in [0.05, 0.1) is 5.69 Å². The van der Waals surface area contributed by atoms with Crippen LogP contribution in [0, 0.1) is 20.8 Å². The fourth-order valence-electron chi connectivity index (χ4n) is 3.40. The summed E-state index contributed by atoms with van der Waals surface area (Å²) in [6.07, 6.45) is 5.91. The molecule has 0 bridgehead atoms. The van der Waals surface area contributed by atoms with Crippen molar-refractivity contribution in [1.29, 1.82) is 0 Å². The minimum Gasteiger partial charge on any atom is -0.331 e. The number of hydrogen-bond donors (Lipinski definition) is 0. The van der Waals surface area contributed by atoms with Crippen LogP contribution in [0.3, 0.4) is 0 Å². The van der Waals surface area contributed by atoms with Gasteiger partial charge >= 0.3 is 0 Å². The summed E-state index contributed by atoms with van der Waals surface area (Å²) in [6.45, 7) is 8.83. The molecule has 2 heteroatoms. The molecule has 19 heavy (non-hydrogen) atoms. The smallest absolute Gasteiger partial charge is 0.109 e. The van der Waals surface area contributed by atoms with Crippen molar-refractivity contribution in [2.75, 3.05) is 0 Å². The van der Waals surface area contributed by atoms with Crippen LogP contribution in [0.15, 0.2) is 18.3 Å². The van der Waals surface area contributed by atoms with Gasteiger partial charge in [-0.25, -0.2) is 4.98 Å². The minimum atomic E-state index is 0.594. The third kappa shape index (κ3) is 2.09. The summed E-state index contributed by atoms with van der Waals surface area (Å²) in [6, 6.07) is 5.10. The number of benzene rings is 1. The lowest BCUT2D eigenvalue weighted by molar-refractivity contribution is 0.426. The monoisotopic (exact) mass is 254 g/mol. The number of rotatable bonds is 1. The van der Waals surface area contributed by atoms with Gasteiger partial charge in [-0.2, -0.15) is 0 Å². The van der Waals surface area contributed by atoms with Crippen molar-refractivity contribution in [2.45, 2.75) is 53.0 Å². The first-order valence-electron chi connectivity index (χ1n) is 7.22. The van der Waals surface area contributed by atoms with Gasteiger partial charge in [0.2, 0.25) is 0 Å². The van der Waals surface area contributed by atoms with E-state index in [4.69, 9.17) is 4.98 Å². The average Bonchev–Trinajstić information content (AvgIpc) is 2.72. The lowest BCUT2D eigenvalue weighted by Gasteiger charge is -2.20. The van der Waals surface area contributed by atoms with E-state index in [1.165, 1.54) is 40.9 Å². The van der Waals surface area contributed by atoms with Gasteiger partial charge in [0.25, 0.3) is 0 Å². The Morgan fingerprint density at radius 1 is 1.16 bits per heavy atom. The Hall–Kier alpha value is -1.57. The first-order valence-corrected chi connectivity index (χ1v) is 7.22. The summed E-state index contributed by atoms with van der Waals surface area (Å²) in [5, 5.41) is 0. The second-order valence-corrected chi connectivity index (χ2v) is 5.96. The third-order valence-electron chi connectivity index (χ3n) is 4.24. The fraction of sp³-hybridized carbons (Fsp3) is 0.471. The zero-order valence-corrected chi connectivity index (χ0v) is 12.3. The molecule has 1 unspecified atom stereocenters. The molecule has 1 aliphatic heterocycles. The number of hydrogen-bond acceptors (Lipinski definition) is 1. The first kappa shape index (κ1) is 12.5. The van der Waals surface area contributed by atoms with Crippen LogP contribution in [-0.2, 0) is 6.42 Å². The number of aromatic nitrogens is 2. The maximum atomic E-state index is 4.89. The van der Waals surface area contributed by atoms with Gasteiger partial charge in [0, 0.05) is 24.2 Å². The van der Waals surface area contributed by atoms with E-state index in [1.807, 2.05) is 0 Å². The molecule has 2 nitrogen and oxygen atoms in total. The lowest BCUT2D eigenvalue weighted by atomic mass is 9.98. The maximum absolute atomic E-state index is 4.89. The van der Waals surface area contributed by atoms with E-state index in [-0.39, 0.29) is 0 Å². The Bertz CT molecular complexity index is 599. The van der Waals surface area contributed by atoms with Crippen LogP contribution < -0.4 is 0 Å². The van der Waals surface area contributed by atoms with Gasteiger partial charge in [-0.3, -0.25) is 0 Å². The highest BCUT2D eigenvalue weighted by atomic mass is 15.1. The van der Waals surface area contributed by atoms with Crippen molar-refractivity contribution in [1.82, 2.24) is 9.55 Å². The third-order valence-corrected chi connectivity index (χ3v) is 4.24. The second-order valence-electron chi connectivity index (χ2n) is 5.96. The first-order chi connectivity index (χ1) is 9.06. The molecule has 3 rings (SSSR count). The molecule has 0 aliphatic carbocycles. The number of aryl methyl sites for hydroxylation is 4. The van der Waals surface area contributed by atoms with E-state index < -0.39 is 0 Å². The summed E-state index contributed by atoms with van der Waals surface area (Å²) in [7, 11) is 0. The molecule has 1 aliphatic rings. The Kier molecular flexibility index (Phi) is 2.96. The number of imidazole rings is 1. The quantitative estimate of drug-likeness (QED) is 0.738. The van der Waals surface area contributed by atoms with Crippen LogP contribution >= 0.6 is 0 Å². The second kappa shape index (κ2) is 4.52. The number of nitrogens with zero attached hydrogens (tertiary/aromatic N) is 2. The van der Waals surface area contributed by atoms with E-state index in [0.717, 1.165) is 12.1 Å². The topological polar surface area (TPSA) is 17.8 Å². The molecule has 1 atom stereocenters. The zero-order chi connectivity index (χ0) is 13.6. The summed E-state index contributed by atoms with van der Waals surface area (Å²) < 4.78 is 2.37. The maximum Gasteiger partial charge on any atom is 0.109 e. The summed E-state index contributed by atoms with van der Waals surface area (Å²) in [4.78, 5) is 4.89. The fourth-order valence-corrected chi connectivity index (χ4v) is 3.40. The zero-order valence-electron chi connectivity index (χ0n) is 12.3. The Morgan fingerprint density at radius 2 is 1.84 bits per heavy atom. The van der Waals surface area contributed by atoms with Crippen molar-refractivity contribution in [3.8, 4) is 11.3 Å². The van der Waals surface area contributed by atoms with Crippen LogP contribution in [-0.4, -0.2) is 9.55 Å². The number of fused-ring (bicyclic) bond motifs is 1. The molecule has 1 aromatic heterocycles. The van der Waals surface area contributed by atoms with Crippen molar-refractivity contribution < 1.29 is 0 Å². The molecule has 0 fully saturated rings. The molecule has 0 amide bonds. The summed E-state index contributed by atoms with van der Waals surface area (Å²) in [5.74, 6) is 1.26. The highest BCUT2D eigenvalue weighted by Gasteiger charge is 2.19. The Labute approximate surface area is 115 Å². The van der Waals surface area contributed by atoms with Gasteiger partial charge in [-0.15, -0.1) is 0 Å². The molecule has 0 N–H and O–H groups in total. The molecule has 2 aromatic rings. The largest absolute Gasteiger partial charge is 0.331 e. The molecule has 1 aromatic carbocycles. The van der Waals surface area contributed by atoms with Crippen molar-refractivity contribution in [3.63, 3.8) is 0 Å². The SMILES string of the molecule is Cc1cc(C)c(-c2cn3c(n2)CCCC3C)c(C)c1.